The Morgan fingerprint density at radius 1 is 0.964 bits per heavy atom. The summed E-state index contributed by atoms with van der Waals surface area (Å²) in [5, 5.41) is 2.59. The molecule has 1 aliphatic heterocycles. The summed E-state index contributed by atoms with van der Waals surface area (Å²) < 4.78 is 23.4. The van der Waals surface area contributed by atoms with Crippen molar-refractivity contribution in [3.05, 3.63) is 48.3 Å². The van der Waals surface area contributed by atoms with Crippen LogP contribution in [0.2, 0.25) is 0 Å². The van der Waals surface area contributed by atoms with E-state index >= 15 is 0 Å². The van der Waals surface area contributed by atoms with Gasteiger partial charge in [-0.05, 0) is 36.4 Å². The van der Waals surface area contributed by atoms with Crippen LogP contribution in [0.15, 0.2) is 42.5 Å². The first-order valence-electron chi connectivity index (χ1n) is 8.84. The highest BCUT2D eigenvalue weighted by atomic mass is 19.1. The van der Waals surface area contributed by atoms with E-state index in [2.05, 4.69) is 5.32 Å². The van der Waals surface area contributed by atoms with Crippen LogP contribution >= 0.6 is 0 Å². The number of methoxy groups -OCH3 is 2. The molecule has 2 aromatic rings. The Hall–Kier alpha value is -3.29. The van der Waals surface area contributed by atoms with Crippen LogP contribution in [0.25, 0.3) is 0 Å². The van der Waals surface area contributed by atoms with E-state index < -0.39 is 11.8 Å². The standard InChI is InChI=1S/C20H22FN3O4/c1-27-16-7-8-18(28-2)17(13-16)22-19(25)20(26)24-11-9-23(10-12-24)15-5-3-14(21)4-6-15/h3-8,13H,9-12H2,1-2H3,(H,22,25). The molecule has 28 heavy (non-hydrogen) atoms. The number of amides is 2. The van der Waals surface area contributed by atoms with E-state index in [9.17, 15) is 14.0 Å². The van der Waals surface area contributed by atoms with Gasteiger partial charge in [0.15, 0.2) is 0 Å². The first-order chi connectivity index (χ1) is 13.5. The zero-order valence-electron chi connectivity index (χ0n) is 15.8. The maximum Gasteiger partial charge on any atom is 0.314 e. The Morgan fingerprint density at radius 2 is 1.64 bits per heavy atom. The molecule has 3 rings (SSSR count). The normalized spacial score (nSPS) is 13.8. The predicted molar refractivity (Wildman–Crippen MR) is 103 cm³/mol. The first kappa shape index (κ1) is 19.5. The summed E-state index contributed by atoms with van der Waals surface area (Å²) in [6.45, 7) is 1.93. The number of carbonyl (C=O) groups is 2. The summed E-state index contributed by atoms with van der Waals surface area (Å²) in [5.74, 6) is -0.660. The quantitative estimate of drug-likeness (QED) is 0.814. The number of piperazine rings is 1. The topological polar surface area (TPSA) is 71.1 Å². The third-order valence-corrected chi connectivity index (χ3v) is 4.61. The molecule has 0 spiro atoms. The summed E-state index contributed by atoms with van der Waals surface area (Å²) in [6.07, 6.45) is 0. The van der Waals surface area contributed by atoms with E-state index in [-0.39, 0.29) is 5.82 Å². The zero-order valence-corrected chi connectivity index (χ0v) is 15.8. The summed E-state index contributed by atoms with van der Waals surface area (Å²) in [7, 11) is 2.99. The Morgan fingerprint density at radius 3 is 2.25 bits per heavy atom. The van der Waals surface area contributed by atoms with Crippen molar-refractivity contribution in [2.75, 3.05) is 50.6 Å². The van der Waals surface area contributed by atoms with Crippen LogP contribution in [-0.2, 0) is 9.59 Å². The van der Waals surface area contributed by atoms with Gasteiger partial charge < -0.3 is 24.6 Å². The first-order valence-corrected chi connectivity index (χ1v) is 8.84. The minimum Gasteiger partial charge on any atom is -0.497 e. The molecule has 148 valence electrons. The summed E-state index contributed by atoms with van der Waals surface area (Å²) in [6, 6.07) is 11.2. The van der Waals surface area contributed by atoms with Gasteiger partial charge in [0.2, 0.25) is 0 Å². The van der Waals surface area contributed by atoms with E-state index in [1.807, 2.05) is 4.90 Å². The van der Waals surface area contributed by atoms with Gasteiger partial charge in [-0.2, -0.15) is 0 Å². The van der Waals surface area contributed by atoms with E-state index in [1.165, 1.54) is 31.3 Å². The smallest absolute Gasteiger partial charge is 0.314 e. The molecule has 2 amide bonds. The number of benzene rings is 2. The Bertz CT molecular complexity index is 849. The number of halogens is 1. The lowest BCUT2D eigenvalue weighted by molar-refractivity contribution is -0.143. The third-order valence-electron chi connectivity index (χ3n) is 4.61. The van der Waals surface area contributed by atoms with E-state index in [0.717, 1.165) is 5.69 Å². The monoisotopic (exact) mass is 387 g/mol. The molecule has 0 bridgehead atoms. The van der Waals surface area contributed by atoms with Crippen molar-refractivity contribution in [2.45, 2.75) is 0 Å². The molecule has 0 radical (unpaired) electrons. The van der Waals surface area contributed by atoms with Gasteiger partial charge in [0.1, 0.15) is 17.3 Å². The third kappa shape index (κ3) is 4.33. The second kappa shape index (κ2) is 8.60. The van der Waals surface area contributed by atoms with Crippen LogP contribution in [0.5, 0.6) is 11.5 Å². The molecule has 8 heteroatoms. The van der Waals surface area contributed by atoms with Gasteiger partial charge >= 0.3 is 11.8 Å². The second-order valence-corrected chi connectivity index (χ2v) is 6.28. The SMILES string of the molecule is COc1ccc(OC)c(NC(=O)C(=O)N2CCN(c3ccc(F)cc3)CC2)c1. The number of hydrogen-bond acceptors (Lipinski definition) is 5. The van der Waals surface area contributed by atoms with E-state index in [4.69, 9.17) is 9.47 Å². The van der Waals surface area contributed by atoms with Crippen LogP contribution in [0.1, 0.15) is 0 Å². The van der Waals surface area contributed by atoms with Gasteiger partial charge in [0.25, 0.3) is 0 Å². The van der Waals surface area contributed by atoms with Crippen LogP contribution in [0.3, 0.4) is 0 Å². The highest BCUT2D eigenvalue weighted by molar-refractivity contribution is 6.39. The fourth-order valence-corrected chi connectivity index (χ4v) is 3.05. The molecule has 0 atom stereocenters. The fourth-order valence-electron chi connectivity index (χ4n) is 3.05. The van der Waals surface area contributed by atoms with Gasteiger partial charge in [-0.3, -0.25) is 9.59 Å². The molecule has 1 aliphatic rings. The van der Waals surface area contributed by atoms with Crippen LogP contribution in [-0.4, -0.2) is 57.1 Å². The van der Waals surface area contributed by atoms with Crippen LogP contribution in [0, 0.1) is 5.82 Å². The molecule has 2 aromatic carbocycles. The lowest BCUT2D eigenvalue weighted by Gasteiger charge is -2.35. The van der Waals surface area contributed by atoms with Crippen molar-refractivity contribution in [1.29, 1.82) is 0 Å². The largest absolute Gasteiger partial charge is 0.497 e. The molecule has 0 saturated carbocycles. The molecular weight excluding hydrogens is 365 g/mol. The van der Waals surface area contributed by atoms with Gasteiger partial charge in [-0.25, -0.2) is 4.39 Å². The van der Waals surface area contributed by atoms with Crippen molar-refractivity contribution in [3.63, 3.8) is 0 Å². The number of hydrogen-bond donors (Lipinski definition) is 1. The number of carbonyl (C=O) groups excluding carboxylic acids is 2. The zero-order chi connectivity index (χ0) is 20.1. The Labute approximate surface area is 162 Å². The molecule has 0 aliphatic carbocycles. The molecule has 0 unspecified atom stereocenters. The van der Waals surface area contributed by atoms with Crippen molar-refractivity contribution in [1.82, 2.24) is 4.90 Å². The Balaban J connectivity index is 1.60. The highest BCUT2D eigenvalue weighted by Crippen LogP contribution is 2.29. The van der Waals surface area contributed by atoms with Crippen molar-refractivity contribution < 1.29 is 23.5 Å². The summed E-state index contributed by atoms with van der Waals surface area (Å²) in [4.78, 5) is 28.5. The number of rotatable bonds is 4. The van der Waals surface area contributed by atoms with Gasteiger partial charge in [-0.15, -0.1) is 0 Å². The molecule has 1 N–H and O–H groups in total. The van der Waals surface area contributed by atoms with Crippen molar-refractivity contribution in [2.24, 2.45) is 0 Å². The van der Waals surface area contributed by atoms with Crippen molar-refractivity contribution >= 4 is 23.2 Å². The molecule has 0 aromatic heterocycles. The molecule has 1 saturated heterocycles. The number of nitrogens with one attached hydrogen (secondary N) is 1. The lowest BCUT2D eigenvalue weighted by Crippen LogP contribution is -2.51. The molecule has 7 nitrogen and oxygen atoms in total. The van der Waals surface area contributed by atoms with Gasteiger partial charge in [-0.1, -0.05) is 0 Å². The minimum absolute atomic E-state index is 0.290. The number of anilines is 2. The predicted octanol–water partition coefficient (Wildman–Crippen LogP) is 2.13. The average molecular weight is 387 g/mol. The summed E-state index contributed by atoms with van der Waals surface area (Å²) in [5.41, 5.74) is 1.25. The minimum atomic E-state index is -0.734. The van der Waals surface area contributed by atoms with Crippen molar-refractivity contribution in [3.8, 4) is 11.5 Å². The highest BCUT2D eigenvalue weighted by Gasteiger charge is 2.27. The van der Waals surface area contributed by atoms with Gasteiger partial charge in [0, 0.05) is 37.9 Å². The maximum atomic E-state index is 13.1. The van der Waals surface area contributed by atoms with E-state index in [0.29, 0.717) is 43.4 Å². The fraction of sp³-hybridized carbons (Fsp3) is 0.300. The second-order valence-electron chi connectivity index (χ2n) is 6.28. The maximum absolute atomic E-state index is 13.1. The van der Waals surface area contributed by atoms with E-state index in [1.54, 1.807) is 30.3 Å². The lowest BCUT2D eigenvalue weighted by atomic mass is 10.2. The number of nitrogens with zero attached hydrogens (tertiary/aromatic N) is 2. The van der Waals surface area contributed by atoms with Gasteiger partial charge in [0.05, 0.1) is 19.9 Å². The molecule has 1 fully saturated rings. The molecule has 1 heterocycles. The Kier molecular flexibility index (Phi) is 5.98. The number of ether oxygens (including phenoxy) is 2. The molecular formula is C20H22FN3O4. The van der Waals surface area contributed by atoms with Crippen LogP contribution in [0.4, 0.5) is 15.8 Å². The summed E-state index contributed by atoms with van der Waals surface area (Å²) >= 11 is 0. The van der Waals surface area contributed by atoms with Crippen LogP contribution < -0.4 is 19.7 Å². The average Bonchev–Trinajstić information content (AvgIpc) is 2.73.